The van der Waals surface area contributed by atoms with Crippen molar-refractivity contribution in [2.75, 3.05) is 0 Å². The molecule has 1 aliphatic carbocycles. The Labute approximate surface area is 160 Å². The Morgan fingerprint density at radius 1 is 0.960 bits per heavy atom. The molecule has 0 aromatic heterocycles. The van der Waals surface area contributed by atoms with E-state index < -0.39 is 31.6 Å². The fraction of sp³-hybridized carbons (Fsp3) is 0.600. The number of hydrogen-bond donors (Lipinski definition) is 1. The minimum atomic E-state index is -2.43. The van der Waals surface area contributed by atoms with E-state index in [4.69, 9.17) is 1.37 Å². The van der Waals surface area contributed by atoms with E-state index in [0.717, 1.165) is 0 Å². The lowest BCUT2D eigenvalue weighted by atomic mass is 9.97. The molecular weight excluding hydrogens is 369 g/mol. The highest BCUT2D eigenvalue weighted by Crippen LogP contribution is 2.42. The zero-order valence-corrected chi connectivity index (χ0v) is 21.9. The van der Waals surface area contributed by atoms with Crippen molar-refractivity contribution in [3.8, 4) is 0 Å². The lowest BCUT2D eigenvalue weighted by Gasteiger charge is -2.40. The van der Waals surface area contributed by atoms with Gasteiger partial charge < -0.3 is 4.80 Å². The van der Waals surface area contributed by atoms with Crippen LogP contribution in [-0.2, 0) is 6.40 Å². The van der Waals surface area contributed by atoms with Crippen molar-refractivity contribution in [2.45, 2.75) is 77.4 Å². The van der Waals surface area contributed by atoms with Gasteiger partial charge in [-0.3, -0.25) is 0 Å². The molecular formula is C20H38OSi4. The number of fused-ring (bicyclic) bond motifs is 1. The van der Waals surface area contributed by atoms with Gasteiger partial charge in [0.15, 0.2) is 0 Å². The van der Waals surface area contributed by atoms with Gasteiger partial charge in [-0.05, 0) is 36.2 Å². The summed E-state index contributed by atoms with van der Waals surface area (Å²) in [5.41, 5.74) is 2.59. The topological polar surface area (TPSA) is 20.2 Å². The van der Waals surface area contributed by atoms with Gasteiger partial charge in [-0.1, -0.05) is 87.0 Å². The third-order valence-electron chi connectivity index (χ3n) is 6.32. The van der Waals surface area contributed by atoms with Gasteiger partial charge in [0.05, 0.1) is 15.7 Å². The van der Waals surface area contributed by atoms with Crippen LogP contribution in [0.25, 0.3) is 6.08 Å². The fourth-order valence-electron chi connectivity index (χ4n) is 3.47. The van der Waals surface area contributed by atoms with Crippen molar-refractivity contribution in [3.05, 3.63) is 34.5 Å². The zero-order valence-electron chi connectivity index (χ0n) is 18.9. The molecule has 2 unspecified atom stereocenters. The van der Waals surface area contributed by atoms with E-state index in [1.54, 1.807) is 0 Å². The summed E-state index contributed by atoms with van der Waals surface area (Å²) in [6.07, 6.45) is 2.02. The molecule has 0 spiro atoms. The summed E-state index contributed by atoms with van der Waals surface area (Å²) in [6.45, 7) is 23.5. The maximum atomic E-state index is 10.9. The zero-order chi connectivity index (χ0) is 20.3. The van der Waals surface area contributed by atoms with E-state index in [-0.39, 0.29) is 11.9 Å². The maximum Gasteiger partial charge on any atom is 0.210 e. The Morgan fingerprint density at radius 3 is 1.96 bits per heavy atom. The number of rotatable bonds is 4. The molecule has 0 radical (unpaired) electrons. The summed E-state index contributed by atoms with van der Waals surface area (Å²) in [5.74, 6) is 0. The summed E-state index contributed by atoms with van der Waals surface area (Å²) < 4.78 is 9.17. The van der Waals surface area contributed by atoms with E-state index in [2.05, 4.69) is 76.7 Å². The SMILES string of the molecule is [2H]C1c2cc([Si](C)(C)[Si](C)(C)C)ccc2C=C([Si](C)(C)O)C1[Si](C)(C)C. The van der Waals surface area contributed by atoms with Gasteiger partial charge in [0.1, 0.15) is 0 Å². The van der Waals surface area contributed by atoms with Crippen LogP contribution in [0, 0.1) is 0 Å². The van der Waals surface area contributed by atoms with Crippen LogP contribution in [-0.4, -0.2) is 36.4 Å². The first-order chi connectivity index (χ1) is 11.5. The molecule has 1 aliphatic rings. The van der Waals surface area contributed by atoms with Crippen molar-refractivity contribution in [3.63, 3.8) is 0 Å². The molecule has 2 rings (SSSR count). The van der Waals surface area contributed by atoms with Gasteiger partial charge in [0.2, 0.25) is 8.32 Å². The molecule has 0 amide bonds. The van der Waals surface area contributed by atoms with Gasteiger partial charge in [-0.25, -0.2) is 0 Å². The molecule has 0 saturated heterocycles. The van der Waals surface area contributed by atoms with Crippen LogP contribution in [0.4, 0.5) is 0 Å². The molecule has 1 nitrogen and oxygen atoms in total. The second-order valence-electron chi connectivity index (χ2n) is 10.9. The second-order valence-corrected chi connectivity index (χ2v) is 36.5. The normalized spacial score (nSPS) is 23.0. The quantitative estimate of drug-likeness (QED) is 0.662. The lowest BCUT2D eigenvalue weighted by Crippen LogP contribution is -2.61. The van der Waals surface area contributed by atoms with Crippen LogP contribution in [0.1, 0.15) is 12.5 Å². The van der Waals surface area contributed by atoms with Gasteiger partial charge in [-0.15, -0.1) is 0 Å². The molecule has 0 saturated carbocycles. The third kappa shape index (κ3) is 4.21. The van der Waals surface area contributed by atoms with Gasteiger partial charge in [0.25, 0.3) is 0 Å². The van der Waals surface area contributed by atoms with Crippen molar-refractivity contribution in [2.24, 2.45) is 0 Å². The predicted octanol–water partition coefficient (Wildman–Crippen LogP) is 5.40. The maximum absolute atomic E-state index is 10.9. The van der Waals surface area contributed by atoms with Crippen LogP contribution in [0.15, 0.2) is 23.4 Å². The molecule has 25 heavy (non-hydrogen) atoms. The smallest absolute Gasteiger partial charge is 0.210 e. The summed E-state index contributed by atoms with van der Waals surface area (Å²) in [4.78, 5) is 10.9. The first-order valence-electron chi connectivity index (χ1n) is 10.1. The first-order valence-corrected chi connectivity index (χ1v) is 23.5. The monoisotopic (exact) mass is 407 g/mol. The van der Waals surface area contributed by atoms with E-state index in [9.17, 15) is 4.80 Å². The Hall–Kier alpha value is -0.212. The highest BCUT2D eigenvalue weighted by atomic mass is 29.3. The van der Waals surface area contributed by atoms with Crippen molar-refractivity contribution in [1.29, 1.82) is 0 Å². The first kappa shape index (κ1) is 19.5. The summed E-state index contributed by atoms with van der Waals surface area (Å²) in [6, 6.07) is 6.94. The van der Waals surface area contributed by atoms with E-state index >= 15 is 0 Å². The Kier molecular flexibility index (Phi) is 5.04. The average molecular weight is 408 g/mol. The van der Waals surface area contributed by atoms with E-state index in [0.29, 0.717) is 0 Å². The molecule has 1 aromatic carbocycles. The van der Waals surface area contributed by atoms with Crippen LogP contribution >= 0.6 is 0 Å². The average Bonchev–Trinajstić information content (AvgIpc) is 2.43. The number of hydrogen-bond acceptors (Lipinski definition) is 1. The lowest BCUT2D eigenvalue weighted by molar-refractivity contribution is 0.558. The highest BCUT2D eigenvalue weighted by molar-refractivity contribution is 7.45. The molecule has 140 valence electrons. The Balaban J connectivity index is 2.68. The highest BCUT2D eigenvalue weighted by Gasteiger charge is 2.41. The Bertz CT molecular complexity index is 721. The molecule has 5 heteroatoms. The molecule has 0 bridgehead atoms. The Morgan fingerprint density at radius 2 is 1.52 bits per heavy atom. The van der Waals surface area contributed by atoms with Gasteiger partial charge in [-0.2, -0.15) is 0 Å². The van der Waals surface area contributed by atoms with Crippen LogP contribution in [0.5, 0.6) is 0 Å². The van der Waals surface area contributed by atoms with E-state index in [1.807, 2.05) is 13.1 Å². The fourth-order valence-corrected chi connectivity index (χ4v) is 13.8. The van der Waals surface area contributed by atoms with Gasteiger partial charge in [0, 0.05) is 8.96 Å². The molecule has 2 atom stereocenters. The van der Waals surface area contributed by atoms with Crippen molar-refractivity contribution >= 4 is 42.8 Å². The van der Waals surface area contributed by atoms with Crippen molar-refractivity contribution < 1.29 is 6.17 Å². The molecule has 0 aliphatic heterocycles. The van der Waals surface area contributed by atoms with E-state index in [1.165, 1.54) is 21.5 Å². The van der Waals surface area contributed by atoms with Crippen LogP contribution in [0.2, 0.25) is 71.0 Å². The molecule has 1 aromatic rings. The van der Waals surface area contributed by atoms with Crippen LogP contribution < -0.4 is 5.19 Å². The third-order valence-corrected chi connectivity index (χ3v) is 28.4. The summed E-state index contributed by atoms with van der Waals surface area (Å²) in [7, 11) is -6.79. The standard InChI is InChI=1S/C20H38OSi4/c1-22(2,3)19-15-17-13-18(25(9,10)23(4,5)6)12-11-16(17)14-20(19)24(7,8)21/h11-14,19,21H,15H2,1-10H3/i15D. The molecule has 0 fully saturated rings. The van der Waals surface area contributed by atoms with Crippen molar-refractivity contribution in [1.82, 2.24) is 0 Å². The predicted molar refractivity (Wildman–Crippen MR) is 125 cm³/mol. The summed E-state index contributed by atoms with van der Waals surface area (Å²) in [5, 5.41) is 2.71. The number of benzene rings is 1. The minimum Gasteiger partial charge on any atom is -0.428 e. The largest absolute Gasteiger partial charge is 0.428 e. The van der Waals surface area contributed by atoms with Gasteiger partial charge >= 0.3 is 0 Å². The molecule has 0 heterocycles. The molecule has 1 N–H and O–H groups in total. The minimum absolute atomic E-state index is 0.216. The summed E-state index contributed by atoms with van der Waals surface area (Å²) >= 11 is 0. The van der Waals surface area contributed by atoms with Crippen LogP contribution in [0.3, 0.4) is 0 Å². The number of allylic oxidation sites excluding steroid dienone is 1. The second kappa shape index (κ2) is 6.44.